The smallest absolute Gasteiger partial charge is 0.306 e. The van der Waals surface area contributed by atoms with Crippen LogP contribution in [0, 0.1) is 12.8 Å². The Hall–Kier alpha value is -2.89. The van der Waals surface area contributed by atoms with Crippen molar-refractivity contribution in [2.45, 2.75) is 32.7 Å². The van der Waals surface area contributed by atoms with Crippen LogP contribution in [0.4, 0.5) is 0 Å². The van der Waals surface area contributed by atoms with Crippen LogP contribution in [0.15, 0.2) is 35.1 Å². The highest BCUT2D eigenvalue weighted by atomic mass is 16.1. The number of imidazole rings is 1. The van der Waals surface area contributed by atoms with Crippen molar-refractivity contribution in [2.24, 2.45) is 5.92 Å². The van der Waals surface area contributed by atoms with Gasteiger partial charge in [0.1, 0.15) is 11.0 Å². The number of hydrogen-bond donors (Lipinski definition) is 2. The van der Waals surface area contributed by atoms with Gasteiger partial charge in [-0.1, -0.05) is 12.5 Å². The zero-order chi connectivity index (χ0) is 17.0. The number of aromatic amines is 2. The molecule has 126 valence electrons. The molecule has 0 saturated heterocycles. The van der Waals surface area contributed by atoms with Gasteiger partial charge in [0, 0.05) is 17.8 Å². The van der Waals surface area contributed by atoms with Gasteiger partial charge in [-0.15, -0.1) is 0 Å². The Morgan fingerprint density at radius 1 is 1.16 bits per heavy atom. The number of hydrogen-bond acceptors (Lipinski definition) is 3. The highest BCUT2D eigenvalue weighted by Gasteiger charge is 2.22. The fourth-order valence-corrected chi connectivity index (χ4v) is 3.62. The zero-order valence-corrected chi connectivity index (χ0v) is 14.0. The molecule has 0 amide bonds. The minimum Gasteiger partial charge on any atom is -0.306 e. The highest BCUT2D eigenvalue weighted by molar-refractivity contribution is 5.92. The van der Waals surface area contributed by atoms with Gasteiger partial charge in [0.25, 0.3) is 0 Å². The molecule has 1 aliphatic rings. The molecule has 5 rings (SSSR count). The molecule has 1 saturated carbocycles. The molecule has 1 aromatic carbocycles. The quantitative estimate of drug-likeness (QED) is 0.603. The number of aryl methyl sites for hydroxylation is 1. The van der Waals surface area contributed by atoms with Crippen molar-refractivity contribution >= 4 is 22.1 Å². The number of pyridine rings is 1. The van der Waals surface area contributed by atoms with Crippen molar-refractivity contribution in [3.63, 3.8) is 0 Å². The van der Waals surface area contributed by atoms with E-state index in [1.54, 1.807) is 0 Å². The maximum atomic E-state index is 11.6. The average Bonchev–Trinajstić information content (AvgIpc) is 3.08. The molecule has 3 heterocycles. The van der Waals surface area contributed by atoms with E-state index in [0.717, 1.165) is 45.6 Å². The predicted octanol–water partition coefficient (Wildman–Crippen LogP) is 3.38. The third-order valence-electron chi connectivity index (χ3n) is 5.17. The summed E-state index contributed by atoms with van der Waals surface area (Å²) in [5.41, 5.74) is 6.32. The number of H-pyrrole nitrogens is 2. The number of fused-ring (bicyclic) bond motifs is 2. The number of nitrogens with one attached hydrogen (secondary N) is 2. The van der Waals surface area contributed by atoms with Gasteiger partial charge in [0.2, 0.25) is 0 Å². The second-order valence-electron chi connectivity index (χ2n) is 6.99. The largest absolute Gasteiger partial charge is 0.323 e. The standard InChI is InChI=1S/C19H19N5O/c1-11-5-7-15-17(20-11)18(24(23-15)10-12-3-2-4-12)13-6-8-14-16(9-13)22-19(25)21-14/h5-9,12H,2-4,10H2,1H3,(H2,21,22,25). The summed E-state index contributed by atoms with van der Waals surface area (Å²) in [6, 6.07) is 10.0. The first-order chi connectivity index (χ1) is 12.2. The summed E-state index contributed by atoms with van der Waals surface area (Å²) in [6.45, 7) is 2.92. The third-order valence-corrected chi connectivity index (χ3v) is 5.17. The second-order valence-corrected chi connectivity index (χ2v) is 6.99. The van der Waals surface area contributed by atoms with E-state index in [-0.39, 0.29) is 5.69 Å². The Morgan fingerprint density at radius 2 is 2.00 bits per heavy atom. The molecule has 0 radical (unpaired) electrons. The number of rotatable bonds is 3. The third kappa shape index (κ3) is 2.36. The van der Waals surface area contributed by atoms with E-state index in [1.165, 1.54) is 19.3 Å². The van der Waals surface area contributed by atoms with Gasteiger partial charge in [0.05, 0.1) is 16.7 Å². The van der Waals surface area contributed by atoms with E-state index < -0.39 is 0 Å². The first kappa shape index (κ1) is 14.5. The van der Waals surface area contributed by atoms with Gasteiger partial charge in [-0.05, 0) is 49.9 Å². The minimum atomic E-state index is -0.186. The van der Waals surface area contributed by atoms with Crippen LogP contribution in [0.5, 0.6) is 0 Å². The van der Waals surface area contributed by atoms with E-state index >= 15 is 0 Å². The molecule has 6 heteroatoms. The van der Waals surface area contributed by atoms with Crippen LogP contribution in [0.2, 0.25) is 0 Å². The Bertz CT molecular complexity index is 1150. The zero-order valence-electron chi connectivity index (χ0n) is 14.0. The van der Waals surface area contributed by atoms with Gasteiger partial charge >= 0.3 is 5.69 Å². The summed E-state index contributed by atoms with van der Waals surface area (Å²) in [6.07, 6.45) is 3.85. The van der Waals surface area contributed by atoms with Crippen LogP contribution in [0.1, 0.15) is 25.0 Å². The predicted molar refractivity (Wildman–Crippen MR) is 97.5 cm³/mol. The van der Waals surface area contributed by atoms with Crippen LogP contribution in [-0.4, -0.2) is 24.7 Å². The Labute approximate surface area is 143 Å². The molecular formula is C19H19N5O. The lowest BCUT2D eigenvalue weighted by molar-refractivity contribution is 0.268. The van der Waals surface area contributed by atoms with Crippen molar-refractivity contribution in [3.8, 4) is 11.3 Å². The number of nitrogens with zero attached hydrogens (tertiary/aromatic N) is 3. The van der Waals surface area contributed by atoms with Crippen molar-refractivity contribution in [3.05, 3.63) is 46.5 Å². The highest BCUT2D eigenvalue weighted by Crippen LogP contribution is 2.33. The molecule has 6 nitrogen and oxygen atoms in total. The summed E-state index contributed by atoms with van der Waals surface area (Å²) in [4.78, 5) is 21.9. The van der Waals surface area contributed by atoms with Crippen molar-refractivity contribution in [2.75, 3.05) is 0 Å². The molecule has 0 bridgehead atoms. The van der Waals surface area contributed by atoms with Gasteiger partial charge in [-0.25, -0.2) is 9.78 Å². The first-order valence-electron chi connectivity index (χ1n) is 8.74. The van der Waals surface area contributed by atoms with Crippen LogP contribution < -0.4 is 5.69 Å². The van der Waals surface area contributed by atoms with Gasteiger partial charge < -0.3 is 9.97 Å². The molecule has 0 atom stereocenters. The molecule has 4 aromatic rings. The molecular weight excluding hydrogens is 314 g/mol. The normalized spacial score (nSPS) is 15.1. The summed E-state index contributed by atoms with van der Waals surface area (Å²) in [7, 11) is 0. The van der Waals surface area contributed by atoms with Gasteiger partial charge in [-0.3, -0.25) is 4.68 Å². The molecule has 0 aliphatic heterocycles. The molecule has 1 fully saturated rings. The van der Waals surface area contributed by atoms with Crippen molar-refractivity contribution in [1.29, 1.82) is 0 Å². The summed E-state index contributed by atoms with van der Waals surface area (Å²) >= 11 is 0. The molecule has 0 spiro atoms. The summed E-state index contributed by atoms with van der Waals surface area (Å²) < 4.78 is 2.10. The van der Waals surface area contributed by atoms with E-state index in [4.69, 9.17) is 10.1 Å². The minimum absolute atomic E-state index is 0.186. The Morgan fingerprint density at radius 3 is 2.80 bits per heavy atom. The summed E-state index contributed by atoms with van der Waals surface area (Å²) in [5.74, 6) is 0.699. The monoisotopic (exact) mass is 333 g/mol. The topological polar surface area (TPSA) is 79.4 Å². The number of aromatic nitrogens is 5. The lowest BCUT2D eigenvalue weighted by Crippen LogP contribution is -2.19. The molecule has 1 aliphatic carbocycles. The Kier molecular flexibility index (Phi) is 3.07. The molecule has 25 heavy (non-hydrogen) atoms. The fourth-order valence-electron chi connectivity index (χ4n) is 3.62. The SMILES string of the molecule is Cc1ccc2nn(CC3CCC3)c(-c3ccc4[nH]c(=O)[nH]c4c3)c2n1. The van der Waals surface area contributed by atoms with Crippen LogP contribution in [-0.2, 0) is 6.54 Å². The lowest BCUT2D eigenvalue weighted by Gasteiger charge is -2.25. The Balaban J connectivity index is 1.74. The summed E-state index contributed by atoms with van der Waals surface area (Å²) in [5, 5.41) is 4.81. The molecule has 0 unspecified atom stereocenters. The van der Waals surface area contributed by atoms with E-state index in [2.05, 4.69) is 14.6 Å². The van der Waals surface area contributed by atoms with Crippen LogP contribution in [0.3, 0.4) is 0 Å². The van der Waals surface area contributed by atoms with Gasteiger partial charge in [-0.2, -0.15) is 5.10 Å². The fraction of sp³-hybridized carbons (Fsp3) is 0.316. The van der Waals surface area contributed by atoms with Crippen molar-refractivity contribution in [1.82, 2.24) is 24.7 Å². The van der Waals surface area contributed by atoms with Crippen molar-refractivity contribution < 1.29 is 0 Å². The second kappa shape index (κ2) is 5.31. The maximum Gasteiger partial charge on any atom is 0.323 e. The average molecular weight is 333 g/mol. The van der Waals surface area contributed by atoms with Crippen LogP contribution >= 0.6 is 0 Å². The number of benzene rings is 1. The van der Waals surface area contributed by atoms with Crippen LogP contribution in [0.25, 0.3) is 33.3 Å². The van der Waals surface area contributed by atoms with E-state index in [1.807, 2.05) is 37.3 Å². The molecule has 3 aromatic heterocycles. The van der Waals surface area contributed by atoms with E-state index in [9.17, 15) is 4.79 Å². The van der Waals surface area contributed by atoms with E-state index in [0.29, 0.717) is 5.92 Å². The van der Waals surface area contributed by atoms with Gasteiger partial charge in [0.15, 0.2) is 0 Å². The maximum absolute atomic E-state index is 11.6. The lowest BCUT2D eigenvalue weighted by atomic mass is 9.85. The molecule has 2 N–H and O–H groups in total. The first-order valence-corrected chi connectivity index (χ1v) is 8.74.